The average molecular weight is 405 g/mol. The van der Waals surface area contributed by atoms with E-state index in [2.05, 4.69) is 5.32 Å². The maximum absolute atomic E-state index is 11.5. The van der Waals surface area contributed by atoms with Gasteiger partial charge in [0.2, 0.25) is 0 Å². The van der Waals surface area contributed by atoms with Gasteiger partial charge in [-0.1, -0.05) is 71.9 Å². The fraction of sp³-hybridized carbons (Fsp3) is 0.455. The van der Waals surface area contributed by atoms with Gasteiger partial charge in [-0.3, -0.25) is 9.88 Å². The van der Waals surface area contributed by atoms with Crippen LogP contribution >= 0.6 is 7.60 Å². The van der Waals surface area contributed by atoms with Crippen molar-refractivity contribution in [1.29, 1.82) is 0 Å². The maximum Gasteiger partial charge on any atom is 0.339 e. The Balaban J connectivity index is 2.69. The van der Waals surface area contributed by atoms with E-state index in [0.29, 0.717) is 0 Å². The van der Waals surface area contributed by atoms with E-state index in [1.54, 1.807) is 0 Å². The molecule has 4 N–H and O–H groups in total. The molecule has 0 aromatic heterocycles. The smallest absolute Gasteiger partial charge is 0.339 e. The minimum atomic E-state index is -4.22. The highest BCUT2D eigenvalue weighted by molar-refractivity contribution is 7.51. The SMILES string of the molecule is CC(C)(C)c1cc(C(NCP(=O)(O)O)c2ccccc2)cc(C(C)(C)C)c1O. The summed E-state index contributed by atoms with van der Waals surface area (Å²) in [6.45, 7) is 12.2. The molecule has 2 aromatic rings. The molecule has 6 heteroatoms. The number of hydrogen-bond acceptors (Lipinski definition) is 3. The Kier molecular flexibility index (Phi) is 6.47. The summed E-state index contributed by atoms with van der Waals surface area (Å²) in [6.07, 6.45) is -0.427. The molecule has 0 heterocycles. The van der Waals surface area contributed by atoms with Gasteiger partial charge in [0.15, 0.2) is 0 Å². The fourth-order valence-corrected chi connectivity index (χ4v) is 3.67. The summed E-state index contributed by atoms with van der Waals surface area (Å²) in [4.78, 5) is 18.8. The second-order valence-electron chi connectivity index (χ2n) is 9.34. The zero-order valence-electron chi connectivity index (χ0n) is 17.5. The van der Waals surface area contributed by atoms with Gasteiger partial charge in [-0.25, -0.2) is 0 Å². The number of aromatic hydroxyl groups is 1. The quantitative estimate of drug-likeness (QED) is 0.537. The predicted octanol–water partition coefficient (Wildman–Crippen LogP) is 4.80. The van der Waals surface area contributed by atoms with Gasteiger partial charge in [0.05, 0.1) is 12.3 Å². The molecule has 2 aromatic carbocycles. The van der Waals surface area contributed by atoms with Gasteiger partial charge in [-0.05, 0) is 45.2 Å². The van der Waals surface area contributed by atoms with Crippen molar-refractivity contribution >= 4 is 7.60 Å². The minimum absolute atomic E-state index is 0.283. The van der Waals surface area contributed by atoms with Crippen LogP contribution in [0, 0.1) is 0 Å². The highest BCUT2D eigenvalue weighted by atomic mass is 31.2. The number of rotatable bonds is 5. The normalized spacial score (nSPS) is 14.1. The van der Waals surface area contributed by atoms with Gasteiger partial charge in [0, 0.05) is 0 Å². The largest absolute Gasteiger partial charge is 0.507 e. The molecule has 0 amide bonds. The Bertz CT molecular complexity index is 825. The molecule has 0 aliphatic rings. The molecule has 0 fully saturated rings. The first-order valence-corrected chi connectivity index (χ1v) is 11.2. The molecule has 0 spiro atoms. The van der Waals surface area contributed by atoms with Crippen LogP contribution < -0.4 is 5.32 Å². The van der Waals surface area contributed by atoms with Crippen LogP contribution in [-0.2, 0) is 15.4 Å². The third-order valence-corrected chi connectivity index (χ3v) is 5.31. The number of benzene rings is 2. The van der Waals surface area contributed by atoms with Crippen molar-refractivity contribution in [2.24, 2.45) is 0 Å². The first-order chi connectivity index (χ1) is 12.7. The molecular formula is C22H32NO4P. The molecule has 154 valence electrons. The van der Waals surface area contributed by atoms with Crippen LogP contribution in [0.15, 0.2) is 42.5 Å². The highest BCUT2D eigenvalue weighted by Crippen LogP contribution is 2.42. The summed E-state index contributed by atoms with van der Waals surface area (Å²) >= 11 is 0. The van der Waals surface area contributed by atoms with Crippen LogP contribution in [0.1, 0.15) is 69.8 Å². The van der Waals surface area contributed by atoms with E-state index in [4.69, 9.17) is 0 Å². The molecule has 0 bridgehead atoms. The van der Waals surface area contributed by atoms with E-state index in [-0.39, 0.29) is 16.6 Å². The van der Waals surface area contributed by atoms with E-state index in [0.717, 1.165) is 22.3 Å². The van der Waals surface area contributed by atoms with Gasteiger partial charge < -0.3 is 14.9 Å². The Hall–Kier alpha value is -1.65. The third kappa shape index (κ3) is 5.68. The van der Waals surface area contributed by atoms with E-state index in [1.807, 2.05) is 84.0 Å². The van der Waals surface area contributed by atoms with Gasteiger partial charge in [0.25, 0.3) is 0 Å². The number of nitrogens with one attached hydrogen (secondary N) is 1. The van der Waals surface area contributed by atoms with Crippen LogP contribution in [0.4, 0.5) is 0 Å². The summed E-state index contributed by atoms with van der Waals surface area (Å²) in [5, 5.41) is 14.0. The predicted molar refractivity (Wildman–Crippen MR) is 114 cm³/mol. The van der Waals surface area contributed by atoms with Crippen LogP contribution in [0.3, 0.4) is 0 Å². The summed E-state index contributed by atoms with van der Waals surface area (Å²) < 4.78 is 11.5. The van der Waals surface area contributed by atoms with Gasteiger partial charge >= 0.3 is 7.60 Å². The molecule has 0 saturated heterocycles. The van der Waals surface area contributed by atoms with E-state index < -0.39 is 19.9 Å². The second-order valence-corrected chi connectivity index (χ2v) is 11.0. The number of phenolic OH excluding ortho intramolecular Hbond substituents is 1. The summed E-state index contributed by atoms with van der Waals surface area (Å²) in [5.41, 5.74) is 2.83. The Labute approximate surface area is 168 Å². The van der Waals surface area contributed by atoms with Gasteiger partial charge in [-0.2, -0.15) is 0 Å². The van der Waals surface area contributed by atoms with Gasteiger partial charge in [-0.15, -0.1) is 0 Å². The lowest BCUT2D eigenvalue weighted by Crippen LogP contribution is -2.25. The van der Waals surface area contributed by atoms with Crippen molar-refractivity contribution < 1.29 is 19.5 Å². The molecule has 28 heavy (non-hydrogen) atoms. The Morgan fingerprint density at radius 2 is 1.36 bits per heavy atom. The van der Waals surface area contributed by atoms with E-state index in [9.17, 15) is 19.5 Å². The molecule has 1 atom stereocenters. The van der Waals surface area contributed by atoms with Crippen LogP contribution in [0.25, 0.3) is 0 Å². The summed E-state index contributed by atoms with van der Waals surface area (Å²) in [6, 6.07) is 13.0. The third-order valence-electron chi connectivity index (χ3n) is 4.72. The topological polar surface area (TPSA) is 89.8 Å². The zero-order valence-corrected chi connectivity index (χ0v) is 18.4. The van der Waals surface area contributed by atoms with E-state index in [1.165, 1.54) is 0 Å². The Morgan fingerprint density at radius 3 is 1.75 bits per heavy atom. The van der Waals surface area contributed by atoms with Crippen molar-refractivity contribution in [1.82, 2.24) is 5.32 Å². The van der Waals surface area contributed by atoms with E-state index >= 15 is 0 Å². The average Bonchev–Trinajstić information content (AvgIpc) is 2.54. The molecular weight excluding hydrogens is 373 g/mol. The van der Waals surface area contributed by atoms with Crippen LogP contribution in [-0.4, -0.2) is 21.2 Å². The van der Waals surface area contributed by atoms with Crippen LogP contribution in [0.2, 0.25) is 0 Å². The van der Waals surface area contributed by atoms with Crippen molar-refractivity contribution in [3.8, 4) is 5.75 Å². The minimum Gasteiger partial charge on any atom is -0.507 e. The molecule has 5 nitrogen and oxygen atoms in total. The zero-order chi connectivity index (χ0) is 21.3. The van der Waals surface area contributed by atoms with Gasteiger partial charge in [0.1, 0.15) is 5.75 Å². The molecule has 1 unspecified atom stereocenters. The first kappa shape index (κ1) is 22.6. The number of phenols is 1. The molecule has 0 saturated carbocycles. The molecule has 0 radical (unpaired) electrons. The van der Waals surface area contributed by atoms with Crippen molar-refractivity contribution in [3.63, 3.8) is 0 Å². The lowest BCUT2D eigenvalue weighted by atomic mass is 9.77. The lowest BCUT2D eigenvalue weighted by molar-refractivity contribution is 0.365. The maximum atomic E-state index is 11.5. The molecule has 0 aliphatic heterocycles. The van der Waals surface area contributed by atoms with Crippen molar-refractivity contribution in [2.45, 2.75) is 58.4 Å². The van der Waals surface area contributed by atoms with Crippen molar-refractivity contribution in [2.75, 3.05) is 6.29 Å². The number of hydrogen-bond donors (Lipinski definition) is 4. The van der Waals surface area contributed by atoms with Crippen LogP contribution in [0.5, 0.6) is 5.75 Å². The summed E-state index contributed by atoms with van der Waals surface area (Å²) in [7, 11) is -4.22. The lowest BCUT2D eigenvalue weighted by Gasteiger charge is -2.30. The highest BCUT2D eigenvalue weighted by Gasteiger charge is 2.29. The van der Waals surface area contributed by atoms with Crippen molar-refractivity contribution in [3.05, 3.63) is 64.7 Å². The Morgan fingerprint density at radius 1 is 0.893 bits per heavy atom. The second kappa shape index (κ2) is 8.00. The molecule has 2 rings (SSSR count). The summed E-state index contributed by atoms with van der Waals surface area (Å²) in [5.74, 6) is 0.283. The first-order valence-electron chi connectivity index (χ1n) is 9.41. The monoisotopic (exact) mass is 405 g/mol. The fourth-order valence-electron chi connectivity index (χ4n) is 3.25. The standard InChI is InChI=1S/C22H32NO4P/c1-21(2,3)17-12-16(13-18(20(17)24)22(4,5)6)19(23-14-28(25,26)27)15-10-8-7-9-11-15/h7-13,19,23-24H,14H2,1-6H3,(H2,25,26,27). The molecule has 0 aliphatic carbocycles.